The number of carbonyl (C=O) groups is 1. The van der Waals surface area contributed by atoms with Crippen LogP contribution < -0.4 is 10.1 Å². The number of esters is 1. The van der Waals surface area contributed by atoms with E-state index in [9.17, 15) is 18.0 Å². The molecule has 0 aromatic carbocycles. The summed E-state index contributed by atoms with van der Waals surface area (Å²) in [5, 5.41) is 6.75. The lowest BCUT2D eigenvalue weighted by atomic mass is 10.3. The summed E-state index contributed by atoms with van der Waals surface area (Å²) in [6.45, 7) is 1.72. The number of hydrogen-bond donors (Lipinski definition) is 1. The molecule has 1 aliphatic heterocycles. The second-order valence-corrected chi connectivity index (χ2v) is 3.26. The van der Waals surface area contributed by atoms with E-state index >= 15 is 0 Å². The first-order valence-corrected chi connectivity index (χ1v) is 4.53. The Bertz CT molecular complexity index is 390. The Morgan fingerprint density at radius 2 is 2.31 bits per heavy atom. The van der Waals surface area contributed by atoms with Crippen molar-refractivity contribution in [2.24, 2.45) is 0 Å². The van der Waals surface area contributed by atoms with E-state index in [2.05, 4.69) is 15.2 Å². The van der Waals surface area contributed by atoms with Crippen molar-refractivity contribution >= 4 is 5.97 Å². The molecule has 16 heavy (non-hydrogen) atoms. The Hall–Kier alpha value is -1.57. The minimum atomic E-state index is -5.00. The molecule has 8 heteroatoms. The average molecular weight is 235 g/mol. The highest BCUT2D eigenvalue weighted by Crippen LogP contribution is 2.20. The summed E-state index contributed by atoms with van der Waals surface area (Å²) in [5.41, 5.74) is 0.691. The van der Waals surface area contributed by atoms with Crippen LogP contribution in [-0.2, 0) is 17.9 Å². The molecule has 0 atom stereocenters. The van der Waals surface area contributed by atoms with Crippen molar-refractivity contribution in [2.45, 2.75) is 19.3 Å². The third-order valence-electron chi connectivity index (χ3n) is 2.08. The Morgan fingerprint density at radius 3 is 2.94 bits per heavy atom. The first kappa shape index (κ1) is 10.9. The van der Waals surface area contributed by atoms with E-state index in [-0.39, 0.29) is 5.88 Å². The normalized spacial score (nSPS) is 15.7. The molecular formula is C8H8F3N3O2. The van der Waals surface area contributed by atoms with Crippen molar-refractivity contribution in [3.63, 3.8) is 0 Å². The molecular weight excluding hydrogens is 227 g/mol. The Labute approximate surface area is 88.2 Å². The quantitative estimate of drug-likeness (QED) is 0.718. The molecule has 1 aliphatic rings. The van der Waals surface area contributed by atoms with E-state index in [0.29, 0.717) is 25.3 Å². The number of ether oxygens (including phenoxy) is 1. The number of alkyl halides is 3. The Balaban J connectivity index is 2.11. The highest BCUT2D eigenvalue weighted by molar-refractivity contribution is 5.77. The van der Waals surface area contributed by atoms with Crippen molar-refractivity contribution in [1.82, 2.24) is 15.1 Å². The molecule has 88 valence electrons. The lowest BCUT2D eigenvalue weighted by Crippen LogP contribution is -2.28. The maximum atomic E-state index is 11.9. The predicted octanol–water partition coefficient (Wildman–Crippen LogP) is 0.454. The van der Waals surface area contributed by atoms with Gasteiger partial charge in [-0.25, -0.2) is 4.79 Å². The largest absolute Gasteiger partial charge is 0.491 e. The maximum absolute atomic E-state index is 11.9. The number of fused-ring (bicyclic) bond motifs is 1. The van der Waals surface area contributed by atoms with E-state index < -0.39 is 12.1 Å². The molecule has 2 rings (SSSR count). The van der Waals surface area contributed by atoms with Gasteiger partial charge in [0.15, 0.2) is 0 Å². The molecule has 1 N–H and O–H groups in total. The van der Waals surface area contributed by atoms with Crippen LogP contribution in [-0.4, -0.2) is 28.5 Å². The minimum absolute atomic E-state index is 0.318. The second-order valence-electron chi connectivity index (χ2n) is 3.26. The monoisotopic (exact) mass is 235 g/mol. The highest BCUT2D eigenvalue weighted by atomic mass is 19.4. The molecule has 1 aromatic rings. The molecule has 0 bridgehead atoms. The molecule has 2 heterocycles. The summed E-state index contributed by atoms with van der Waals surface area (Å²) in [5.74, 6) is -2.57. The topological polar surface area (TPSA) is 56.2 Å². The van der Waals surface area contributed by atoms with Gasteiger partial charge in [0.05, 0.1) is 12.2 Å². The summed E-state index contributed by atoms with van der Waals surface area (Å²) in [6, 6.07) is 1.32. The number of carbonyl (C=O) groups excluding carboxylic acids is 1. The van der Waals surface area contributed by atoms with Crippen molar-refractivity contribution in [1.29, 1.82) is 0 Å². The summed E-state index contributed by atoms with van der Waals surface area (Å²) >= 11 is 0. The fourth-order valence-electron chi connectivity index (χ4n) is 1.37. The van der Waals surface area contributed by atoms with Crippen LogP contribution in [0.3, 0.4) is 0 Å². The van der Waals surface area contributed by atoms with Crippen molar-refractivity contribution in [2.75, 3.05) is 6.54 Å². The molecule has 1 aromatic heterocycles. The Morgan fingerprint density at radius 1 is 1.56 bits per heavy atom. The van der Waals surface area contributed by atoms with E-state index in [0.717, 1.165) is 0 Å². The zero-order valence-electron chi connectivity index (χ0n) is 8.04. The van der Waals surface area contributed by atoms with Crippen LogP contribution in [0.5, 0.6) is 5.88 Å². The number of nitrogens with zero attached hydrogens (tertiary/aromatic N) is 2. The van der Waals surface area contributed by atoms with Gasteiger partial charge in [-0.15, -0.1) is 5.10 Å². The lowest BCUT2D eigenvalue weighted by molar-refractivity contribution is -0.190. The van der Waals surface area contributed by atoms with Crippen LogP contribution in [0, 0.1) is 0 Å². The van der Waals surface area contributed by atoms with Gasteiger partial charge in [-0.05, 0) is 0 Å². The Kier molecular flexibility index (Phi) is 2.58. The smallest absolute Gasteiger partial charge is 0.399 e. The number of halogens is 3. The van der Waals surface area contributed by atoms with Crippen molar-refractivity contribution < 1.29 is 22.7 Å². The zero-order valence-corrected chi connectivity index (χ0v) is 8.04. The van der Waals surface area contributed by atoms with Gasteiger partial charge in [-0.2, -0.15) is 13.2 Å². The predicted molar refractivity (Wildman–Crippen MR) is 45.6 cm³/mol. The molecule has 0 saturated carbocycles. The van der Waals surface area contributed by atoms with Gasteiger partial charge < -0.3 is 10.1 Å². The van der Waals surface area contributed by atoms with Gasteiger partial charge >= 0.3 is 12.1 Å². The third-order valence-corrected chi connectivity index (χ3v) is 2.08. The van der Waals surface area contributed by atoms with Gasteiger partial charge in [0.25, 0.3) is 0 Å². The summed E-state index contributed by atoms with van der Waals surface area (Å²) in [6.07, 6.45) is -5.00. The molecule has 0 fully saturated rings. The van der Waals surface area contributed by atoms with Crippen LogP contribution >= 0.6 is 0 Å². The lowest BCUT2D eigenvalue weighted by Gasteiger charge is -2.13. The first-order valence-electron chi connectivity index (χ1n) is 4.53. The average Bonchev–Trinajstić information content (AvgIpc) is 2.58. The number of rotatable bonds is 1. The fraction of sp³-hybridized carbons (Fsp3) is 0.500. The zero-order chi connectivity index (χ0) is 11.8. The summed E-state index contributed by atoms with van der Waals surface area (Å²) in [7, 11) is 0. The minimum Gasteiger partial charge on any atom is -0.399 e. The van der Waals surface area contributed by atoms with Gasteiger partial charge in [-0.1, -0.05) is 0 Å². The van der Waals surface area contributed by atoms with Crippen LogP contribution in [0.2, 0.25) is 0 Å². The second kappa shape index (κ2) is 3.78. The number of aromatic nitrogens is 2. The van der Waals surface area contributed by atoms with Gasteiger partial charge in [0.2, 0.25) is 5.88 Å². The van der Waals surface area contributed by atoms with Gasteiger partial charge in [0.1, 0.15) is 0 Å². The van der Waals surface area contributed by atoms with E-state index in [1.165, 1.54) is 10.7 Å². The van der Waals surface area contributed by atoms with Crippen LogP contribution in [0.1, 0.15) is 5.69 Å². The highest BCUT2D eigenvalue weighted by Gasteiger charge is 2.41. The molecule has 0 radical (unpaired) electrons. The summed E-state index contributed by atoms with van der Waals surface area (Å²) < 4.78 is 41.3. The standard InChI is InChI=1S/C8H8F3N3O2/c9-8(10,11)7(15)16-6-3-5-4-12-1-2-14(5)13-6/h3,12H,1-2,4H2. The molecule has 0 unspecified atom stereocenters. The summed E-state index contributed by atoms with van der Waals surface area (Å²) in [4.78, 5) is 10.5. The van der Waals surface area contributed by atoms with Crippen LogP contribution in [0.4, 0.5) is 13.2 Å². The van der Waals surface area contributed by atoms with E-state index in [1.54, 1.807) is 0 Å². The van der Waals surface area contributed by atoms with E-state index in [1.807, 2.05) is 0 Å². The van der Waals surface area contributed by atoms with Gasteiger partial charge in [0, 0.05) is 19.2 Å². The van der Waals surface area contributed by atoms with Crippen LogP contribution in [0.25, 0.3) is 0 Å². The number of nitrogens with one attached hydrogen (secondary N) is 1. The van der Waals surface area contributed by atoms with Crippen molar-refractivity contribution in [3.8, 4) is 5.88 Å². The molecule has 0 spiro atoms. The molecule has 0 aliphatic carbocycles. The molecule has 0 amide bonds. The third kappa shape index (κ3) is 2.16. The fourth-order valence-corrected chi connectivity index (χ4v) is 1.37. The molecule has 5 nitrogen and oxygen atoms in total. The van der Waals surface area contributed by atoms with Gasteiger partial charge in [-0.3, -0.25) is 4.68 Å². The molecule has 0 saturated heterocycles. The van der Waals surface area contributed by atoms with Crippen LogP contribution in [0.15, 0.2) is 6.07 Å². The number of hydrogen-bond acceptors (Lipinski definition) is 4. The SMILES string of the molecule is O=C(Oc1cc2n(n1)CCNC2)C(F)(F)F. The van der Waals surface area contributed by atoms with E-state index in [4.69, 9.17) is 0 Å². The van der Waals surface area contributed by atoms with Crippen molar-refractivity contribution in [3.05, 3.63) is 11.8 Å². The first-order chi connectivity index (χ1) is 7.47. The maximum Gasteiger partial charge on any atom is 0.491 e.